The molecule has 0 atom stereocenters. The fourth-order valence-corrected chi connectivity index (χ4v) is 2.35. The van der Waals surface area contributed by atoms with Gasteiger partial charge in [-0.15, -0.1) is 0 Å². The lowest BCUT2D eigenvalue weighted by molar-refractivity contribution is 0.0915. The molecule has 0 spiro atoms. The Kier molecular flexibility index (Phi) is 3.53. The average Bonchev–Trinajstić information content (AvgIpc) is 2.73. The molecule has 0 saturated carbocycles. The van der Waals surface area contributed by atoms with Crippen LogP contribution in [0.3, 0.4) is 0 Å². The third kappa shape index (κ3) is 2.22. The smallest absolute Gasteiger partial charge is 0.168 e. The maximum absolute atomic E-state index is 12.3. The van der Waals surface area contributed by atoms with E-state index < -0.39 is 0 Å². The molecule has 0 amide bonds. The van der Waals surface area contributed by atoms with Crippen molar-refractivity contribution in [3.63, 3.8) is 0 Å². The molecule has 1 aromatic heterocycles. The third-order valence-corrected chi connectivity index (χ3v) is 3.50. The number of hydrogen-bond acceptors (Lipinski definition) is 1. The molecule has 1 N–H and O–H groups in total. The predicted molar refractivity (Wildman–Crippen MR) is 71.7 cm³/mol. The number of hydrogen-bond donors (Lipinski definition) is 1. The van der Waals surface area contributed by atoms with Crippen LogP contribution in [0, 0.1) is 5.92 Å². The van der Waals surface area contributed by atoms with Crippen LogP contribution in [0.4, 0.5) is 0 Å². The number of rotatable bonds is 4. The number of nitrogens with one attached hydrogen (secondary N) is 1. The van der Waals surface area contributed by atoms with E-state index in [9.17, 15) is 4.79 Å². The van der Waals surface area contributed by atoms with Crippen LogP contribution in [-0.4, -0.2) is 10.8 Å². The molecule has 0 aliphatic carbocycles. The zero-order valence-electron chi connectivity index (χ0n) is 10.1. The van der Waals surface area contributed by atoms with Crippen molar-refractivity contribution < 1.29 is 4.79 Å². The summed E-state index contributed by atoms with van der Waals surface area (Å²) >= 11 is 5.97. The Morgan fingerprint density at radius 2 is 2.06 bits per heavy atom. The lowest BCUT2D eigenvalue weighted by atomic mass is 9.93. The molecule has 90 valence electrons. The van der Waals surface area contributed by atoms with Gasteiger partial charge in [-0.3, -0.25) is 4.79 Å². The fraction of sp³-hybridized carbons (Fsp3) is 0.357. The molecular formula is C14H16ClNO. The Bertz CT molecular complexity index is 540. The summed E-state index contributed by atoms with van der Waals surface area (Å²) in [7, 11) is 0. The van der Waals surface area contributed by atoms with Crippen molar-refractivity contribution in [3.05, 3.63) is 35.0 Å². The van der Waals surface area contributed by atoms with E-state index in [1.165, 1.54) is 0 Å². The van der Waals surface area contributed by atoms with Gasteiger partial charge >= 0.3 is 0 Å². The second kappa shape index (κ2) is 4.92. The summed E-state index contributed by atoms with van der Waals surface area (Å²) in [5.74, 6) is 0.316. The molecule has 0 unspecified atom stereocenters. The molecule has 0 aliphatic rings. The van der Waals surface area contributed by atoms with Gasteiger partial charge in [0.1, 0.15) is 0 Å². The van der Waals surface area contributed by atoms with E-state index in [0.717, 1.165) is 29.3 Å². The van der Waals surface area contributed by atoms with Crippen molar-refractivity contribution in [3.8, 4) is 0 Å². The molecule has 2 aromatic rings. The summed E-state index contributed by atoms with van der Waals surface area (Å²) in [6, 6.07) is 5.58. The number of aromatic nitrogens is 1. The second-order valence-electron chi connectivity index (χ2n) is 4.27. The van der Waals surface area contributed by atoms with Gasteiger partial charge in [0.25, 0.3) is 0 Å². The Morgan fingerprint density at radius 3 is 2.71 bits per heavy atom. The number of Topliss-reactive ketones (excluding diaryl/α,β-unsaturated/α-hetero) is 1. The number of carbonyl (C=O) groups excluding carboxylic acids is 1. The molecule has 0 fully saturated rings. The summed E-state index contributed by atoms with van der Waals surface area (Å²) < 4.78 is 0. The van der Waals surface area contributed by atoms with Gasteiger partial charge in [0.05, 0.1) is 0 Å². The molecule has 0 aliphatic heterocycles. The van der Waals surface area contributed by atoms with Gasteiger partial charge in [0.15, 0.2) is 5.78 Å². The van der Waals surface area contributed by atoms with Crippen molar-refractivity contribution in [2.24, 2.45) is 5.92 Å². The number of H-pyrrole nitrogens is 1. The fourth-order valence-electron chi connectivity index (χ4n) is 2.18. The highest BCUT2D eigenvalue weighted by Crippen LogP contribution is 2.26. The molecule has 0 bridgehead atoms. The second-order valence-corrected chi connectivity index (χ2v) is 4.71. The average molecular weight is 250 g/mol. The zero-order chi connectivity index (χ0) is 12.4. The number of ketones is 1. The Hall–Kier alpha value is -1.28. The zero-order valence-corrected chi connectivity index (χ0v) is 10.8. The first-order chi connectivity index (χ1) is 8.17. The first-order valence-electron chi connectivity index (χ1n) is 5.98. The third-order valence-electron chi connectivity index (χ3n) is 3.27. The molecule has 3 heteroatoms. The maximum Gasteiger partial charge on any atom is 0.168 e. The number of fused-ring (bicyclic) bond motifs is 1. The highest BCUT2D eigenvalue weighted by molar-refractivity contribution is 6.31. The van der Waals surface area contributed by atoms with Crippen LogP contribution in [-0.2, 0) is 0 Å². The molecule has 0 radical (unpaired) electrons. The van der Waals surface area contributed by atoms with Crippen molar-refractivity contribution >= 4 is 28.3 Å². The van der Waals surface area contributed by atoms with Crippen molar-refractivity contribution in [2.45, 2.75) is 26.7 Å². The van der Waals surface area contributed by atoms with E-state index in [0.29, 0.717) is 5.02 Å². The molecule has 1 aromatic carbocycles. The van der Waals surface area contributed by atoms with Gasteiger partial charge in [-0.05, 0) is 31.0 Å². The number of aromatic amines is 1. The van der Waals surface area contributed by atoms with E-state index in [4.69, 9.17) is 11.6 Å². The minimum Gasteiger partial charge on any atom is -0.360 e. The summed E-state index contributed by atoms with van der Waals surface area (Å²) in [6.45, 7) is 4.10. The van der Waals surface area contributed by atoms with E-state index in [1.807, 2.05) is 32.0 Å². The Labute approximate surface area is 106 Å². The highest BCUT2D eigenvalue weighted by atomic mass is 35.5. The summed E-state index contributed by atoms with van der Waals surface area (Å²) in [5.41, 5.74) is 1.72. The number of carbonyl (C=O) groups is 1. The highest BCUT2D eigenvalue weighted by Gasteiger charge is 2.19. The van der Waals surface area contributed by atoms with E-state index >= 15 is 0 Å². The van der Waals surface area contributed by atoms with Gasteiger partial charge in [-0.1, -0.05) is 25.4 Å². The summed E-state index contributed by atoms with van der Waals surface area (Å²) in [4.78, 5) is 15.5. The predicted octanol–water partition coefficient (Wildman–Crippen LogP) is 4.44. The lowest BCUT2D eigenvalue weighted by Gasteiger charge is -2.09. The van der Waals surface area contributed by atoms with Crippen LogP contribution in [0.1, 0.15) is 37.0 Å². The van der Waals surface area contributed by atoms with E-state index in [1.54, 1.807) is 6.20 Å². The van der Waals surface area contributed by atoms with Gasteiger partial charge in [-0.25, -0.2) is 0 Å². The van der Waals surface area contributed by atoms with Crippen LogP contribution >= 0.6 is 11.6 Å². The Balaban J connectivity index is 2.48. The first-order valence-corrected chi connectivity index (χ1v) is 6.36. The van der Waals surface area contributed by atoms with Gasteiger partial charge in [0.2, 0.25) is 0 Å². The lowest BCUT2D eigenvalue weighted by Crippen LogP contribution is -2.12. The Morgan fingerprint density at radius 1 is 1.35 bits per heavy atom. The molecule has 0 saturated heterocycles. The van der Waals surface area contributed by atoms with E-state index in [2.05, 4.69) is 4.98 Å². The minimum absolute atomic E-state index is 0.105. The van der Waals surface area contributed by atoms with Crippen LogP contribution < -0.4 is 0 Å². The van der Waals surface area contributed by atoms with Gasteiger partial charge in [0, 0.05) is 33.6 Å². The number of halogens is 1. The molecule has 17 heavy (non-hydrogen) atoms. The SMILES string of the molecule is CCC(CC)C(=O)c1c[nH]c2ccc(Cl)cc12. The van der Waals surface area contributed by atoms with E-state index in [-0.39, 0.29) is 11.7 Å². The van der Waals surface area contributed by atoms with Crippen LogP contribution in [0.15, 0.2) is 24.4 Å². The summed E-state index contributed by atoms with van der Waals surface area (Å²) in [6.07, 6.45) is 3.55. The van der Waals surface area contributed by atoms with Crippen molar-refractivity contribution in [1.29, 1.82) is 0 Å². The van der Waals surface area contributed by atoms with Gasteiger partial charge in [-0.2, -0.15) is 0 Å². The quantitative estimate of drug-likeness (QED) is 0.799. The standard InChI is InChI=1S/C14H16ClNO/c1-3-9(4-2)14(17)12-8-16-13-6-5-10(15)7-11(12)13/h5-9,16H,3-4H2,1-2H3. The molecule has 1 heterocycles. The largest absolute Gasteiger partial charge is 0.360 e. The number of benzene rings is 1. The normalized spacial score (nSPS) is 11.3. The van der Waals surface area contributed by atoms with Crippen LogP contribution in [0.5, 0.6) is 0 Å². The van der Waals surface area contributed by atoms with Crippen LogP contribution in [0.25, 0.3) is 10.9 Å². The molecule has 2 nitrogen and oxygen atoms in total. The van der Waals surface area contributed by atoms with Gasteiger partial charge < -0.3 is 4.98 Å². The molecular weight excluding hydrogens is 234 g/mol. The monoisotopic (exact) mass is 249 g/mol. The summed E-state index contributed by atoms with van der Waals surface area (Å²) in [5, 5.41) is 1.59. The van der Waals surface area contributed by atoms with Crippen LogP contribution in [0.2, 0.25) is 5.02 Å². The van der Waals surface area contributed by atoms with Crippen molar-refractivity contribution in [2.75, 3.05) is 0 Å². The topological polar surface area (TPSA) is 32.9 Å². The molecule has 2 rings (SSSR count). The van der Waals surface area contributed by atoms with Crippen molar-refractivity contribution in [1.82, 2.24) is 4.98 Å². The maximum atomic E-state index is 12.3. The minimum atomic E-state index is 0.105. The first kappa shape index (κ1) is 12.2.